The second kappa shape index (κ2) is 6.17. The third-order valence-corrected chi connectivity index (χ3v) is 2.63. The van der Waals surface area contributed by atoms with Crippen LogP contribution in [0.3, 0.4) is 0 Å². The number of benzene rings is 1. The van der Waals surface area contributed by atoms with Crippen molar-refractivity contribution >= 4 is 17.7 Å². The van der Waals surface area contributed by atoms with Gasteiger partial charge in [-0.25, -0.2) is 9.18 Å². The Labute approximate surface area is 119 Å². The molecule has 110 valence electrons. The van der Waals surface area contributed by atoms with Gasteiger partial charge in [0, 0.05) is 6.07 Å². The van der Waals surface area contributed by atoms with E-state index >= 15 is 0 Å². The smallest absolute Gasteiger partial charge is 0.341 e. The van der Waals surface area contributed by atoms with E-state index < -0.39 is 23.8 Å². The first-order valence-corrected chi connectivity index (χ1v) is 6.17. The Morgan fingerprint density at radius 3 is 2.71 bits per heavy atom. The number of carbonyl (C=O) groups is 2. The van der Waals surface area contributed by atoms with Crippen LogP contribution in [-0.2, 0) is 9.53 Å². The molecule has 0 bridgehead atoms. The first kappa shape index (κ1) is 14.7. The number of rotatable bonds is 4. The largest absolute Gasteiger partial charge is 0.449 e. The Balaban J connectivity index is 1.97. The van der Waals surface area contributed by atoms with E-state index in [1.165, 1.54) is 31.2 Å². The van der Waals surface area contributed by atoms with Gasteiger partial charge in [0.15, 0.2) is 11.9 Å². The molecule has 1 aromatic heterocycles. The standard InChI is InChI=1S/C14H13FN2O4/c1-8-7-12(17-21-8)16-13(18)9(2)20-14(19)10-5-3-4-6-11(10)15/h3-7,9H,1-2H3,(H,16,17,18). The van der Waals surface area contributed by atoms with Gasteiger partial charge in [0.25, 0.3) is 5.91 Å². The first-order valence-electron chi connectivity index (χ1n) is 6.17. The van der Waals surface area contributed by atoms with Crippen LogP contribution in [0, 0.1) is 12.7 Å². The summed E-state index contributed by atoms with van der Waals surface area (Å²) < 4.78 is 23.1. The van der Waals surface area contributed by atoms with Gasteiger partial charge in [0.2, 0.25) is 0 Å². The number of hydrogen-bond acceptors (Lipinski definition) is 5. The van der Waals surface area contributed by atoms with Crippen LogP contribution in [0.1, 0.15) is 23.0 Å². The Kier molecular flexibility index (Phi) is 4.32. The van der Waals surface area contributed by atoms with E-state index in [4.69, 9.17) is 9.26 Å². The maximum atomic E-state index is 13.4. The van der Waals surface area contributed by atoms with E-state index in [1.54, 1.807) is 6.92 Å². The zero-order valence-electron chi connectivity index (χ0n) is 11.4. The summed E-state index contributed by atoms with van der Waals surface area (Å²) in [6, 6.07) is 6.89. The van der Waals surface area contributed by atoms with Crippen molar-refractivity contribution in [2.45, 2.75) is 20.0 Å². The molecule has 1 aromatic carbocycles. The highest BCUT2D eigenvalue weighted by molar-refractivity contribution is 5.96. The molecule has 1 N–H and O–H groups in total. The molecule has 2 aromatic rings. The lowest BCUT2D eigenvalue weighted by Gasteiger charge is -2.12. The summed E-state index contributed by atoms with van der Waals surface area (Å²) in [5.74, 6) is -1.46. The molecule has 1 unspecified atom stereocenters. The quantitative estimate of drug-likeness (QED) is 0.874. The Morgan fingerprint density at radius 1 is 1.38 bits per heavy atom. The minimum absolute atomic E-state index is 0.214. The predicted molar refractivity (Wildman–Crippen MR) is 71.1 cm³/mol. The van der Waals surface area contributed by atoms with Gasteiger partial charge in [-0.2, -0.15) is 0 Å². The van der Waals surface area contributed by atoms with Crippen molar-refractivity contribution in [2.24, 2.45) is 0 Å². The van der Waals surface area contributed by atoms with Crippen molar-refractivity contribution in [2.75, 3.05) is 5.32 Å². The number of hydrogen-bond donors (Lipinski definition) is 1. The van der Waals surface area contributed by atoms with Crippen LogP contribution in [0.25, 0.3) is 0 Å². The van der Waals surface area contributed by atoms with Crippen molar-refractivity contribution in [3.8, 4) is 0 Å². The van der Waals surface area contributed by atoms with Gasteiger partial charge in [-0.15, -0.1) is 0 Å². The predicted octanol–water partition coefficient (Wildman–Crippen LogP) is 2.31. The molecule has 7 heteroatoms. The van der Waals surface area contributed by atoms with Gasteiger partial charge in [0.05, 0.1) is 5.56 Å². The lowest BCUT2D eigenvalue weighted by Crippen LogP contribution is -2.30. The summed E-state index contributed by atoms with van der Waals surface area (Å²) in [6.45, 7) is 3.05. The fourth-order valence-electron chi connectivity index (χ4n) is 1.56. The summed E-state index contributed by atoms with van der Waals surface area (Å²) in [7, 11) is 0. The molecule has 0 spiro atoms. The highest BCUT2D eigenvalue weighted by atomic mass is 19.1. The van der Waals surface area contributed by atoms with E-state index in [2.05, 4.69) is 10.5 Å². The number of carbonyl (C=O) groups excluding carboxylic acids is 2. The maximum Gasteiger partial charge on any atom is 0.341 e. The van der Waals surface area contributed by atoms with Gasteiger partial charge < -0.3 is 14.6 Å². The van der Waals surface area contributed by atoms with Crippen LogP contribution in [-0.4, -0.2) is 23.1 Å². The van der Waals surface area contributed by atoms with Crippen LogP contribution in [0.4, 0.5) is 10.2 Å². The maximum absolute atomic E-state index is 13.4. The highest BCUT2D eigenvalue weighted by Crippen LogP contribution is 2.11. The monoisotopic (exact) mass is 292 g/mol. The van der Waals surface area contributed by atoms with Crippen molar-refractivity contribution in [3.05, 3.63) is 47.5 Å². The molecule has 0 fully saturated rings. The molecule has 0 saturated carbocycles. The zero-order chi connectivity index (χ0) is 15.4. The second-order valence-electron chi connectivity index (χ2n) is 4.34. The third kappa shape index (κ3) is 3.65. The number of halogens is 1. The van der Waals surface area contributed by atoms with Crippen molar-refractivity contribution in [3.63, 3.8) is 0 Å². The molecule has 0 aliphatic carbocycles. The van der Waals surface area contributed by atoms with Crippen molar-refractivity contribution in [1.82, 2.24) is 5.16 Å². The van der Waals surface area contributed by atoms with Gasteiger partial charge in [-0.05, 0) is 26.0 Å². The summed E-state index contributed by atoms with van der Waals surface area (Å²) >= 11 is 0. The number of nitrogens with zero attached hydrogens (tertiary/aromatic N) is 1. The highest BCUT2D eigenvalue weighted by Gasteiger charge is 2.21. The fraction of sp³-hybridized carbons (Fsp3) is 0.214. The van der Waals surface area contributed by atoms with Crippen molar-refractivity contribution in [1.29, 1.82) is 0 Å². The molecule has 6 nitrogen and oxygen atoms in total. The molecular formula is C14H13FN2O4. The van der Waals surface area contributed by atoms with Crippen molar-refractivity contribution < 1.29 is 23.2 Å². The van der Waals surface area contributed by atoms with E-state index in [-0.39, 0.29) is 11.4 Å². The summed E-state index contributed by atoms with van der Waals surface area (Å²) in [6.07, 6.45) is -1.10. The van der Waals surface area contributed by atoms with Gasteiger partial charge >= 0.3 is 5.97 Å². The second-order valence-corrected chi connectivity index (χ2v) is 4.34. The zero-order valence-corrected chi connectivity index (χ0v) is 11.4. The topological polar surface area (TPSA) is 81.4 Å². The summed E-state index contributed by atoms with van der Waals surface area (Å²) in [5.41, 5.74) is -0.227. The SMILES string of the molecule is Cc1cc(NC(=O)C(C)OC(=O)c2ccccc2F)no1. The summed E-state index contributed by atoms with van der Waals surface area (Å²) in [5, 5.41) is 6.00. The molecule has 1 atom stereocenters. The minimum Gasteiger partial charge on any atom is -0.449 e. The number of anilines is 1. The number of esters is 1. The van der Waals surface area contributed by atoms with Gasteiger partial charge in [-0.1, -0.05) is 17.3 Å². The van der Waals surface area contributed by atoms with Crippen LogP contribution < -0.4 is 5.32 Å². The average Bonchev–Trinajstić information content (AvgIpc) is 2.84. The Hall–Kier alpha value is -2.70. The molecule has 0 aliphatic heterocycles. The van der Waals surface area contributed by atoms with E-state index in [9.17, 15) is 14.0 Å². The van der Waals surface area contributed by atoms with Gasteiger partial charge in [0.1, 0.15) is 11.6 Å². The van der Waals surface area contributed by atoms with Crippen LogP contribution >= 0.6 is 0 Å². The Morgan fingerprint density at radius 2 is 2.10 bits per heavy atom. The van der Waals surface area contributed by atoms with E-state index in [0.717, 1.165) is 6.07 Å². The molecule has 1 amide bonds. The van der Waals surface area contributed by atoms with Crippen LogP contribution in [0.2, 0.25) is 0 Å². The van der Waals surface area contributed by atoms with Gasteiger partial charge in [-0.3, -0.25) is 4.79 Å². The molecule has 21 heavy (non-hydrogen) atoms. The molecule has 1 heterocycles. The lowest BCUT2D eigenvalue weighted by atomic mass is 10.2. The molecular weight excluding hydrogens is 279 g/mol. The van der Waals surface area contributed by atoms with E-state index in [0.29, 0.717) is 5.76 Å². The molecule has 0 aliphatic rings. The Bertz CT molecular complexity index is 668. The van der Waals surface area contributed by atoms with E-state index in [1.807, 2.05) is 0 Å². The van der Waals surface area contributed by atoms with Crippen LogP contribution in [0.15, 0.2) is 34.9 Å². The molecule has 0 radical (unpaired) electrons. The number of ether oxygens (including phenoxy) is 1. The average molecular weight is 292 g/mol. The lowest BCUT2D eigenvalue weighted by molar-refractivity contribution is -0.123. The molecule has 2 rings (SSSR count). The number of aromatic nitrogens is 1. The molecule has 0 saturated heterocycles. The number of amides is 1. The number of aryl methyl sites for hydroxylation is 1. The van der Waals surface area contributed by atoms with Crippen LogP contribution in [0.5, 0.6) is 0 Å². The summed E-state index contributed by atoms with van der Waals surface area (Å²) in [4.78, 5) is 23.6. The normalized spacial score (nSPS) is 11.8. The number of nitrogens with one attached hydrogen (secondary N) is 1. The first-order chi connectivity index (χ1) is 9.97. The third-order valence-electron chi connectivity index (χ3n) is 2.63. The fourth-order valence-corrected chi connectivity index (χ4v) is 1.56. The minimum atomic E-state index is -1.10.